The number of carbonyl (C=O) groups excluding carboxylic acids is 1. The largest absolute Gasteiger partial charge is 0.454 e. The van der Waals surface area contributed by atoms with Gasteiger partial charge in [0.2, 0.25) is 22.7 Å². The van der Waals surface area contributed by atoms with E-state index >= 15 is 0 Å². The highest BCUT2D eigenvalue weighted by molar-refractivity contribution is 7.92. The minimum absolute atomic E-state index is 0.140. The van der Waals surface area contributed by atoms with Crippen molar-refractivity contribution in [3.8, 4) is 11.5 Å². The predicted molar refractivity (Wildman–Crippen MR) is 135 cm³/mol. The standard InChI is InChI=1S/C26H26N2O5S2/c29-26(18-28(22-9-10-22)35(30,31)14-12-20-5-2-1-3-6-20)27(17-23-7-4-13-34-23)16-21-8-11-24-25(15-21)33-19-32-24/h1-8,11-15,22H,9-10,16-19H2. The lowest BCUT2D eigenvalue weighted by Gasteiger charge is -2.26. The molecule has 5 rings (SSSR count). The van der Waals surface area contributed by atoms with Gasteiger partial charge in [-0.15, -0.1) is 11.3 Å². The molecule has 35 heavy (non-hydrogen) atoms. The smallest absolute Gasteiger partial charge is 0.238 e. The van der Waals surface area contributed by atoms with E-state index in [0.29, 0.717) is 24.6 Å². The summed E-state index contributed by atoms with van der Waals surface area (Å²) in [6, 6.07) is 18.7. The molecule has 182 valence electrons. The normalized spacial score (nSPS) is 15.1. The lowest BCUT2D eigenvalue weighted by atomic mass is 10.2. The number of thiophene rings is 1. The van der Waals surface area contributed by atoms with Gasteiger partial charge in [0.25, 0.3) is 0 Å². The van der Waals surface area contributed by atoms with E-state index in [4.69, 9.17) is 9.47 Å². The molecule has 2 heterocycles. The van der Waals surface area contributed by atoms with E-state index in [-0.39, 0.29) is 25.3 Å². The van der Waals surface area contributed by atoms with Gasteiger partial charge in [0.05, 0.1) is 13.1 Å². The second kappa shape index (κ2) is 10.2. The summed E-state index contributed by atoms with van der Waals surface area (Å²) in [5.74, 6) is 1.10. The van der Waals surface area contributed by atoms with Gasteiger partial charge >= 0.3 is 0 Å². The van der Waals surface area contributed by atoms with Gasteiger partial charge in [0, 0.05) is 22.9 Å². The second-order valence-corrected chi connectivity index (χ2v) is 11.4. The molecule has 0 unspecified atom stereocenters. The minimum atomic E-state index is -3.76. The van der Waals surface area contributed by atoms with E-state index in [1.54, 1.807) is 22.3 Å². The van der Waals surface area contributed by atoms with Crippen LogP contribution < -0.4 is 9.47 Å². The van der Waals surface area contributed by atoms with Crippen LogP contribution in [-0.4, -0.2) is 42.9 Å². The molecule has 0 saturated heterocycles. The van der Waals surface area contributed by atoms with E-state index in [2.05, 4.69) is 0 Å². The molecule has 1 aromatic heterocycles. The van der Waals surface area contributed by atoms with E-state index in [1.165, 1.54) is 9.71 Å². The molecule has 1 amide bonds. The topological polar surface area (TPSA) is 76.2 Å². The van der Waals surface area contributed by atoms with Gasteiger partial charge in [-0.25, -0.2) is 8.42 Å². The summed E-state index contributed by atoms with van der Waals surface area (Å²) in [5, 5.41) is 3.17. The maximum Gasteiger partial charge on any atom is 0.238 e. The Kier molecular flexibility index (Phi) is 6.90. The first kappa shape index (κ1) is 23.6. The third kappa shape index (κ3) is 5.93. The van der Waals surface area contributed by atoms with E-state index in [0.717, 1.165) is 28.8 Å². The molecule has 7 nitrogen and oxygen atoms in total. The van der Waals surface area contributed by atoms with Crippen molar-refractivity contribution in [3.05, 3.63) is 87.5 Å². The molecule has 1 saturated carbocycles. The third-order valence-electron chi connectivity index (χ3n) is 5.89. The van der Waals surface area contributed by atoms with E-state index < -0.39 is 10.0 Å². The van der Waals surface area contributed by atoms with Crippen LogP contribution in [-0.2, 0) is 27.9 Å². The monoisotopic (exact) mass is 510 g/mol. The number of rotatable bonds is 10. The second-order valence-electron chi connectivity index (χ2n) is 8.55. The number of hydrogen-bond acceptors (Lipinski definition) is 6. The van der Waals surface area contributed by atoms with Crippen LogP contribution >= 0.6 is 11.3 Å². The van der Waals surface area contributed by atoms with Gasteiger partial charge < -0.3 is 14.4 Å². The quantitative estimate of drug-likeness (QED) is 0.402. The van der Waals surface area contributed by atoms with E-state index in [1.807, 2.05) is 66.0 Å². The number of ether oxygens (including phenoxy) is 2. The minimum Gasteiger partial charge on any atom is -0.454 e. The van der Waals surface area contributed by atoms with Gasteiger partial charge in [-0.1, -0.05) is 42.5 Å². The fourth-order valence-corrected chi connectivity index (χ4v) is 6.03. The van der Waals surface area contributed by atoms with Crippen molar-refractivity contribution < 1.29 is 22.7 Å². The molecule has 0 bridgehead atoms. The Labute approximate surface area is 209 Å². The summed E-state index contributed by atoms with van der Waals surface area (Å²) in [7, 11) is -3.76. The summed E-state index contributed by atoms with van der Waals surface area (Å²) >= 11 is 1.57. The fourth-order valence-electron chi connectivity index (χ4n) is 3.91. The van der Waals surface area contributed by atoms with Gasteiger partial charge in [0.15, 0.2) is 11.5 Å². The van der Waals surface area contributed by atoms with Crippen LogP contribution in [0.25, 0.3) is 6.08 Å². The van der Waals surface area contributed by atoms with Crippen LogP contribution in [0.5, 0.6) is 11.5 Å². The molecule has 1 fully saturated rings. The van der Waals surface area contributed by atoms with E-state index in [9.17, 15) is 13.2 Å². The molecule has 9 heteroatoms. The van der Waals surface area contributed by atoms with Crippen molar-refractivity contribution in [1.29, 1.82) is 0 Å². The average molecular weight is 511 g/mol. The van der Waals surface area contributed by atoms with Crippen LogP contribution in [0.3, 0.4) is 0 Å². The zero-order chi connectivity index (χ0) is 24.3. The maximum atomic E-state index is 13.5. The molecule has 1 aliphatic heterocycles. The summed E-state index contributed by atoms with van der Waals surface area (Å²) < 4.78 is 38.6. The first-order chi connectivity index (χ1) is 17.0. The molecule has 0 spiro atoms. The molecule has 0 radical (unpaired) electrons. The lowest BCUT2D eigenvalue weighted by molar-refractivity contribution is -0.132. The molecule has 2 aliphatic rings. The van der Waals surface area contributed by atoms with Crippen molar-refractivity contribution in [2.24, 2.45) is 0 Å². The predicted octanol–water partition coefficient (Wildman–Crippen LogP) is 4.47. The number of hydrogen-bond donors (Lipinski definition) is 0. The number of sulfonamides is 1. The SMILES string of the molecule is O=C(CN(C1CC1)S(=O)(=O)C=Cc1ccccc1)N(Cc1ccc2c(c1)OCO2)Cc1cccs1. The Balaban J connectivity index is 1.35. The highest BCUT2D eigenvalue weighted by Gasteiger charge is 2.38. The number of carbonyl (C=O) groups is 1. The van der Waals surface area contributed by atoms with Crippen molar-refractivity contribution in [2.75, 3.05) is 13.3 Å². The highest BCUT2D eigenvalue weighted by atomic mass is 32.2. The maximum absolute atomic E-state index is 13.5. The number of nitrogens with zero attached hydrogens (tertiary/aromatic N) is 2. The Hall–Kier alpha value is -3.14. The van der Waals surface area contributed by atoms with Crippen molar-refractivity contribution >= 4 is 33.3 Å². The van der Waals surface area contributed by atoms with Crippen LogP contribution in [0.2, 0.25) is 0 Å². The van der Waals surface area contributed by atoms with Crippen molar-refractivity contribution in [3.63, 3.8) is 0 Å². The molecular weight excluding hydrogens is 484 g/mol. The molecule has 3 aromatic rings. The fraction of sp³-hybridized carbons (Fsp3) is 0.269. The third-order valence-corrected chi connectivity index (χ3v) is 8.32. The number of benzene rings is 2. The van der Waals surface area contributed by atoms with Gasteiger partial charge in [0.1, 0.15) is 0 Å². The van der Waals surface area contributed by atoms with Gasteiger partial charge in [-0.05, 0) is 53.6 Å². The van der Waals surface area contributed by atoms with Crippen LogP contribution in [0.4, 0.5) is 0 Å². The Morgan fingerprint density at radius 3 is 2.54 bits per heavy atom. The first-order valence-electron chi connectivity index (χ1n) is 11.4. The number of amides is 1. The summed E-state index contributed by atoms with van der Waals surface area (Å²) in [5.41, 5.74) is 1.68. The molecule has 0 atom stereocenters. The summed E-state index contributed by atoms with van der Waals surface area (Å²) in [6.07, 6.45) is 3.10. The Morgan fingerprint density at radius 2 is 1.80 bits per heavy atom. The Morgan fingerprint density at radius 1 is 1.00 bits per heavy atom. The number of fused-ring (bicyclic) bond motifs is 1. The Bertz CT molecular complexity index is 1300. The molecular formula is C26H26N2O5S2. The van der Waals surface area contributed by atoms with Gasteiger partial charge in [-0.2, -0.15) is 4.31 Å². The van der Waals surface area contributed by atoms with Crippen molar-refractivity contribution in [1.82, 2.24) is 9.21 Å². The van der Waals surface area contributed by atoms with Crippen LogP contribution in [0, 0.1) is 0 Å². The van der Waals surface area contributed by atoms with Crippen LogP contribution in [0.1, 0.15) is 28.8 Å². The summed E-state index contributed by atoms with van der Waals surface area (Å²) in [6.45, 7) is 0.735. The first-order valence-corrected chi connectivity index (χ1v) is 13.8. The zero-order valence-electron chi connectivity index (χ0n) is 19.1. The van der Waals surface area contributed by atoms with Crippen LogP contribution in [0.15, 0.2) is 71.5 Å². The highest BCUT2D eigenvalue weighted by Crippen LogP contribution is 2.33. The van der Waals surface area contributed by atoms with Gasteiger partial charge in [-0.3, -0.25) is 4.79 Å². The zero-order valence-corrected chi connectivity index (χ0v) is 20.7. The average Bonchev–Trinajstić information content (AvgIpc) is 3.35. The molecule has 0 N–H and O–H groups in total. The molecule has 2 aromatic carbocycles. The van der Waals surface area contributed by atoms with Crippen molar-refractivity contribution in [2.45, 2.75) is 32.0 Å². The summed E-state index contributed by atoms with van der Waals surface area (Å²) in [4.78, 5) is 16.3. The molecule has 1 aliphatic carbocycles. The lowest BCUT2D eigenvalue weighted by Crippen LogP contribution is -2.42.